The van der Waals surface area contributed by atoms with Gasteiger partial charge in [0.25, 0.3) is 5.91 Å². The molecule has 0 unspecified atom stereocenters. The summed E-state index contributed by atoms with van der Waals surface area (Å²) in [6.07, 6.45) is 0.0476. The Morgan fingerprint density at radius 2 is 1.84 bits per heavy atom. The van der Waals surface area contributed by atoms with E-state index in [0.29, 0.717) is 15.6 Å². The van der Waals surface area contributed by atoms with Crippen molar-refractivity contribution in [2.24, 2.45) is 0 Å². The molecule has 1 aromatic heterocycles. The fourth-order valence-corrected chi connectivity index (χ4v) is 3.91. The number of carbonyl (C=O) groups is 2. The third-order valence-corrected chi connectivity index (χ3v) is 5.80. The quantitative estimate of drug-likeness (QED) is 0.854. The van der Waals surface area contributed by atoms with Crippen molar-refractivity contribution in [3.05, 3.63) is 39.9 Å². The van der Waals surface area contributed by atoms with Crippen LogP contribution in [0, 0.1) is 6.92 Å². The molecule has 2 N–H and O–H groups in total. The van der Waals surface area contributed by atoms with Gasteiger partial charge >= 0.3 is 5.97 Å². The van der Waals surface area contributed by atoms with Gasteiger partial charge in [0, 0.05) is 36.5 Å². The van der Waals surface area contributed by atoms with Crippen molar-refractivity contribution >= 4 is 34.8 Å². The van der Waals surface area contributed by atoms with Gasteiger partial charge in [-0.2, -0.15) is 0 Å². The summed E-state index contributed by atoms with van der Waals surface area (Å²) in [5.41, 5.74) is -0.219. The number of rotatable bonds is 3. The summed E-state index contributed by atoms with van der Waals surface area (Å²) in [6, 6.07) is 7.24. The van der Waals surface area contributed by atoms with Crippen LogP contribution in [0.1, 0.15) is 28.2 Å². The van der Waals surface area contributed by atoms with Gasteiger partial charge in [0.15, 0.2) is 5.60 Å². The number of benzene rings is 1. The molecule has 6 nitrogen and oxygen atoms in total. The summed E-state index contributed by atoms with van der Waals surface area (Å²) < 4.78 is 0. The van der Waals surface area contributed by atoms with E-state index in [4.69, 9.17) is 16.7 Å². The Morgan fingerprint density at radius 1 is 1.24 bits per heavy atom. The van der Waals surface area contributed by atoms with Crippen LogP contribution in [-0.4, -0.2) is 50.7 Å². The first-order chi connectivity index (χ1) is 11.8. The minimum atomic E-state index is -1.74. The predicted octanol–water partition coefficient (Wildman–Crippen LogP) is 2.82. The molecule has 0 bridgehead atoms. The Hall–Kier alpha value is -1.96. The lowest BCUT2D eigenvalue weighted by Gasteiger charge is -2.35. The highest BCUT2D eigenvalue weighted by Crippen LogP contribution is 2.31. The summed E-state index contributed by atoms with van der Waals surface area (Å²) in [5.74, 6) is -1.42. The van der Waals surface area contributed by atoms with E-state index < -0.39 is 11.6 Å². The highest BCUT2D eigenvalue weighted by Gasteiger charge is 2.40. The molecule has 2 heterocycles. The van der Waals surface area contributed by atoms with Crippen LogP contribution < -0.4 is 0 Å². The van der Waals surface area contributed by atoms with Gasteiger partial charge in [0.1, 0.15) is 9.88 Å². The maximum Gasteiger partial charge on any atom is 0.335 e. The van der Waals surface area contributed by atoms with Gasteiger partial charge < -0.3 is 15.1 Å². The number of hydrogen-bond donors (Lipinski definition) is 2. The Balaban J connectivity index is 1.77. The minimum absolute atomic E-state index is 0.0238. The average molecular weight is 381 g/mol. The van der Waals surface area contributed by atoms with Crippen LogP contribution in [0.3, 0.4) is 0 Å². The first-order valence-corrected chi connectivity index (χ1v) is 8.98. The molecule has 0 radical (unpaired) electrons. The molecular formula is C17H17ClN2O4S. The zero-order valence-electron chi connectivity index (χ0n) is 13.5. The molecule has 132 valence electrons. The van der Waals surface area contributed by atoms with E-state index in [1.807, 2.05) is 12.1 Å². The van der Waals surface area contributed by atoms with Crippen LogP contribution in [0.5, 0.6) is 0 Å². The van der Waals surface area contributed by atoms with Crippen molar-refractivity contribution in [3.63, 3.8) is 0 Å². The normalized spacial score (nSPS) is 16.7. The number of aliphatic carboxylic acids is 1. The highest BCUT2D eigenvalue weighted by molar-refractivity contribution is 7.17. The van der Waals surface area contributed by atoms with E-state index in [1.54, 1.807) is 24.0 Å². The van der Waals surface area contributed by atoms with Crippen LogP contribution in [0.25, 0.3) is 10.6 Å². The molecule has 0 spiro atoms. The number of aryl methyl sites for hydroxylation is 1. The van der Waals surface area contributed by atoms with Crippen molar-refractivity contribution in [2.75, 3.05) is 13.1 Å². The van der Waals surface area contributed by atoms with Crippen molar-refractivity contribution < 1.29 is 19.8 Å². The third-order valence-electron chi connectivity index (χ3n) is 4.36. The minimum Gasteiger partial charge on any atom is -0.479 e. The van der Waals surface area contributed by atoms with Crippen molar-refractivity contribution in [3.8, 4) is 10.6 Å². The molecule has 0 saturated carbocycles. The SMILES string of the molecule is Cc1nc(-c2ccc(Cl)cc2)sc1C(=O)N1CCC(O)(C(=O)O)CC1. The van der Waals surface area contributed by atoms with E-state index in [-0.39, 0.29) is 31.8 Å². The molecule has 8 heteroatoms. The van der Waals surface area contributed by atoms with Gasteiger partial charge in [0.2, 0.25) is 0 Å². The largest absolute Gasteiger partial charge is 0.479 e. The third kappa shape index (κ3) is 3.53. The monoisotopic (exact) mass is 380 g/mol. The summed E-state index contributed by atoms with van der Waals surface area (Å²) >= 11 is 7.20. The van der Waals surface area contributed by atoms with Crippen LogP contribution >= 0.6 is 22.9 Å². The van der Waals surface area contributed by atoms with Crippen molar-refractivity contribution in [1.29, 1.82) is 0 Å². The van der Waals surface area contributed by atoms with Gasteiger partial charge in [-0.15, -0.1) is 11.3 Å². The highest BCUT2D eigenvalue weighted by atomic mass is 35.5. The molecule has 1 aliphatic rings. The summed E-state index contributed by atoms with van der Waals surface area (Å²) in [7, 11) is 0. The zero-order valence-corrected chi connectivity index (χ0v) is 15.1. The molecule has 0 atom stereocenters. The van der Waals surface area contributed by atoms with E-state index >= 15 is 0 Å². The molecule has 2 aromatic rings. The molecule has 25 heavy (non-hydrogen) atoms. The van der Waals surface area contributed by atoms with Gasteiger partial charge in [-0.25, -0.2) is 9.78 Å². The van der Waals surface area contributed by atoms with Gasteiger partial charge in [-0.05, 0) is 19.1 Å². The number of thiazole rings is 1. The zero-order chi connectivity index (χ0) is 18.2. The summed E-state index contributed by atoms with van der Waals surface area (Å²) in [5, 5.41) is 20.4. The van der Waals surface area contributed by atoms with E-state index in [9.17, 15) is 14.7 Å². The Labute approximate surface area is 153 Å². The number of likely N-dealkylation sites (tertiary alicyclic amines) is 1. The number of amides is 1. The number of carboxylic acids is 1. The standard InChI is InChI=1S/C17H17ClN2O4S/c1-10-13(25-14(19-10)11-2-4-12(18)5-3-11)15(21)20-8-6-17(24,7-9-20)16(22)23/h2-5,24H,6-9H2,1H3,(H,22,23). The Kier molecular flexibility index (Phi) is 4.81. The fraction of sp³-hybridized carbons (Fsp3) is 0.353. The van der Waals surface area contributed by atoms with Gasteiger partial charge in [-0.1, -0.05) is 23.7 Å². The number of nitrogens with zero attached hydrogens (tertiary/aromatic N) is 2. The molecule has 1 fully saturated rings. The second-order valence-corrected chi connectivity index (χ2v) is 7.50. The second kappa shape index (κ2) is 6.74. The number of aromatic nitrogens is 1. The fourth-order valence-electron chi connectivity index (χ4n) is 2.75. The molecule has 1 saturated heterocycles. The molecule has 1 aliphatic heterocycles. The lowest BCUT2D eigenvalue weighted by atomic mass is 9.91. The first kappa shape index (κ1) is 17.8. The summed E-state index contributed by atoms with van der Waals surface area (Å²) in [6.45, 7) is 2.19. The number of carboxylic acid groups (broad SMARTS) is 1. The molecule has 1 aromatic carbocycles. The smallest absolute Gasteiger partial charge is 0.335 e. The molecule has 3 rings (SSSR count). The lowest BCUT2D eigenvalue weighted by molar-refractivity contribution is -0.162. The Morgan fingerprint density at radius 3 is 2.40 bits per heavy atom. The number of hydrogen-bond acceptors (Lipinski definition) is 5. The molecule has 1 amide bonds. The first-order valence-electron chi connectivity index (χ1n) is 7.78. The van der Waals surface area contributed by atoms with Crippen LogP contribution in [0.15, 0.2) is 24.3 Å². The maximum atomic E-state index is 12.7. The number of piperidine rings is 1. The lowest BCUT2D eigenvalue weighted by Crippen LogP contribution is -2.50. The average Bonchev–Trinajstić information content (AvgIpc) is 2.97. The maximum absolute atomic E-state index is 12.7. The molecular weight excluding hydrogens is 364 g/mol. The topological polar surface area (TPSA) is 90.7 Å². The van der Waals surface area contributed by atoms with Crippen LogP contribution in [0.2, 0.25) is 5.02 Å². The van der Waals surface area contributed by atoms with Crippen molar-refractivity contribution in [1.82, 2.24) is 9.88 Å². The van der Waals surface area contributed by atoms with E-state index in [2.05, 4.69) is 4.98 Å². The number of halogens is 1. The predicted molar refractivity (Wildman–Crippen MR) is 95.0 cm³/mol. The van der Waals surface area contributed by atoms with E-state index in [0.717, 1.165) is 10.6 Å². The number of aliphatic hydroxyl groups is 1. The van der Waals surface area contributed by atoms with E-state index in [1.165, 1.54) is 11.3 Å². The molecule has 0 aliphatic carbocycles. The van der Waals surface area contributed by atoms with Gasteiger partial charge in [0.05, 0.1) is 5.69 Å². The second-order valence-electron chi connectivity index (χ2n) is 6.07. The van der Waals surface area contributed by atoms with Gasteiger partial charge in [-0.3, -0.25) is 4.79 Å². The number of carbonyl (C=O) groups excluding carboxylic acids is 1. The Bertz CT molecular complexity index is 811. The summed E-state index contributed by atoms with van der Waals surface area (Å²) in [4.78, 5) is 30.4. The van der Waals surface area contributed by atoms with Crippen LogP contribution in [-0.2, 0) is 4.79 Å². The van der Waals surface area contributed by atoms with Crippen molar-refractivity contribution in [2.45, 2.75) is 25.4 Å². The van der Waals surface area contributed by atoms with Crippen LogP contribution in [0.4, 0.5) is 0 Å².